The molecule has 0 fully saturated rings. The molecule has 0 radical (unpaired) electrons. The van der Waals surface area contributed by atoms with Crippen molar-refractivity contribution in [1.29, 1.82) is 0 Å². The van der Waals surface area contributed by atoms with E-state index in [1.807, 2.05) is 43.5 Å². The van der Waals surface area contributed by atoms with Crippen LogP contribution in [-0.2, 0) is 4.79 Å². The highest BCUT2D eigenvalue weighted by Gasteiger charge is 2.30. The first-order valence-electron chi connectivity index (χ1n) is 8.31. The number of benzene rings is 1. The number of hydrogen-bond donors (Lipinski definition) is 3. The fourth-order valence-corrected chi connectivity index (χ4v) is 4.49. The number of nitrogens with zero attached hydrogens (tertiary/aromatic N) is 2. The van der Waals surface area contributed by atoms with Crippen molar-refractivity contribution in [3.05, 3.63) is 45.2 Å². The van der Waals surface area contributed by atoms with Crippen LogP contribution in [0.3, 0.4) is 0 Å². The number of halogens is 1. The van der Waals surface area contributed by atoms with Crippen molar-refractivity contribution >= 4 is 50.5 Å². The third kappa shape index (κ3) is 3.93. The van der Waals surface area contributed by atoms with Crippen LogP contribution in [0.4, 0.5) is 0 Å². The maximum atomic E-state index is 12.7. The van der Waals surface area contributed by atoms with Crippen molar-refractivity contribution in [2.24, 2.45) is 0 Å². The van der Waals surface area contributed by atoms with Gasteiger partial charge >= 0.3 is 5.97 Å². The lowest BCUT2D eigenvalue weighted by Gasteiger charge is -2.20. The predicted molar refractivity (Wildman–Crippen MR) is 110 cm³/mol. The molecule has 27 heavy (non-hydrogen) atoms. The highest BCUT2D eigenvalue weighted by molar-refractivity contribution is 9.10. The summed E-state index contributed by atoms with van der Waals surface area (Å²) in [5, 5.41) is 14.1. The molecule has 1 aliphatic heterocycles. The largest absolute Gasteiger partial charge is 0.480 e. The number of H-pyrrole nitrogens is 1. The van der Waals surface area contributed by atoms with Crippen LogP contribution in [0.1, 0.15) is 16.8 Å². The Hall–Kier alpha value is -2.13. The lowest BCUT2D eigenvalue weighted by atomic mass is 10.1. The van der Waals surface area contributed by atoms with E-state index in [2.05, 4.69) is 31.1 Å². The second kappa shape index (κ2) is 7.85. The average Bonchev–Trinajstić information content (AvgIpc) is 3.14. The Bertz CT molecular complexity index is 926. The molecule has 1 aromatic carbocycles. The molecule has 0 bridgehead atoms. The van der Waals surface area contributed by atoms with Gasteiger partial charge in [0.05, 0.1) is 17.3 Å². The van der Waals surface area contributed by atoms with Gasteiger partial charge in [-0.3, -0.25) is 4.79 Å². The molecule has 0 saturated carbocycles. The van der Waals surface area contributed by atoms with Crippen LogP contribution in [0.25, 0.3) is 10.9 Å². The molecular formula is C18H21BrN4O3S. The van der Waals surface area contributed by atoms with Gasteiger partial charge in [0, 0.05) is 47.8 Å². The predicted octanol–water partition coefficient (Wildman–Crippen LogP) is 2.87. The number of amides is 1. The maximum absolute atomic E-state index is 12.7. The number of hydrogen-bond acceptors (Lipinski definition) is 5. The molecule has 1 aromatic heterocycles. The van der Waals surface area contributed by atoms with Gasteiger partial charge in [0.15, 0.2) is 0 Å². The topological polar surface area (TPSA) is 88.7 Å². The summed E-state index contributed by atoms with van der Waals surface area (Å²) < 4.78 is 0.900. The summed E-state index contributed by atoms with van der Waals surface area (Å²) >= 11 is 4.97. The number of aromatic amines is 1. The molecule has 2 heterocycles. The zero-order valence-electron chi connectivity index (χ0n) is 15.2. The Kier molecular flexibility index (Phi) is 5.71. The summed E-state index contributed by atoms with van der Waals surface area (Å²) in [6.07, 6.45) is 3.79. The van der Waals surface area contributed by atoms with E-state index in [0.29, 0.717) is 12.2 Å². The fourth-order valence-electron chi connectivity index (χ4n) is 3.28. The maximum Gasteiger partial charge on any atom is 0.326 e. The molecule has 0 saturated heterocycles. The molecular weight excluding hydrogens is 432 g/mol. The van der Waals surface area contributed by atoms with Crippen molar-refractivity contribution in [2.45, 2.75) is 12.5 Å². The lowest BCUT2D eigenvalue weighted by molar-refractivity contribution is -0.139. The van der Waals surface area contributed by atoms with E-state index >= 15 is 0 Å². The van der Waals surface area contributed by atoms with Gasteiger partial charge in [-0.2, -0.15) is 0 Å². The summed E-state index contributed by atoms with van der Waals surface area (Å²) in [6.45, 7) is 0.698. The minimum absolute atomic E-state index is 0.228. The summed E-state index contributed by atoms with van der Waals surface area (Å²) in [4.78, 5) is 31.7. The number of thioether (sulfide) groups is 1. The molecule has 0 aliphatic carbocycles. The summed E-state index contributed by atoms with van der Waals surface area (Å²) in [5.41, 5.74) is 2.16. The van der Waals surface area contributed by atoms with E-state index in [-0.39, 0.29) is 6.42 Å². The van der Waals surface area contributed by atoms with Gasteiger partial charge in [-0.05, 0) is 18.4 Å². The second-order valence-electron chi connectivity index (χ2n) is 6.45. The number of carbonyl (C=O) groups excluding carboxylic acids is 1. The molecule has 1 amide bonds. The standard InChI is InChI=1S/C18H21BrN4O3S/c1-22-9-23(2)17(27-3)15(22)7-14(18(25)26)21-16(24)12-8-20-13-6-10(19)4-5-11(12)13/h4-6,8,14,20H,7,9H2,1-3H3,(H,21,24)(H,25,26)/t14-/m0/s1. The van der Waals surface area contributed by atoms with Crippen LogP contribution in [0.2, 0.25) is 0 Å². The van der Waals surface area contributed by atoms with Gasteiger partial charge in [0.25, 0.3) is 5.91 Å². The Morgan fingerprint density at radius 3 is 2.78 bits per heavy atom. The van der Waals surface area contributed by atoms with Crippen molar-refractivity contribution < 1.29 is 14.7 Å². The van der Waals surface area contributed by atoms with Crippen LogP contribution >= 0.6 is 27.7 Å². The molecule has 9 heteroatoms. The molecule has 7 nitrogen and oxygen atoms in total. The average molecular weight is 453 g/mol. The minimum atomic E-state index is -1.05. The van der Waals surface area contributed by atoms with Gasteiger partial charge < -0.3 is 25.2 Å². The first kappa shape index (κ1) is 19.6. The highest BCUT2D eigenvalue weighted by Crippen LogP contribution is 2.31. The number of fused-ring (bicyclic) bond motifs is 1. The van der Waals surface area contributed by atoms with Crippen molar-refractivity contribution in [1.82, 2.24) is 20.1 Å². The van der Waals surface area contributed by atoms with Crippen LogP contribution in [-0.4, -0.2) is 64.8 Å². The molecule has 1 aliphatic rings. The quantitative estimate of drug-likeness (QED) is 0.624. The van der Waals surface area contributed by atoms with E-state index in [1.165, 1.54) is 0 Å². The smallest absolute Gasteiger partial charge is 0.326 e. The minimum Gasteiger partial charge on any atom is -0.480 e. The van der Waals surface area contributed by atoms with E-state index in [9.17, 15) is 14.7 Å². The first-order valence-corrected chi connectivity index (χ1v) is 10.3. The van der Waals surface area contributed by atoms with Gasteiger partial charge in [-0.25, -0.2) is 4.79 Å². The number of aliphatic carboxylic acids is 1. The summed E-state index contributed by atoms with van der Waals surface area (Å²) in [5.74, 6) is -1.46. The van der Waals surface area contributed by atoms with Gasteiger partial charge in [0.1, 0.15) is 6.04 Å². The van der Waals surface area contributed by atoms with Crippen molar-refractivity contribution in [3.8, 4) is 0 Å². The van der Waals surface area contributed by atoms with Crippen molar-refractivity contribution in [3.63, 3.8) is 0 Å². The molecule has 2 aromatic rings. The summed E-state index contributed by atoms with van der Waals surface area (Å²) in [7, 11) is 3.89. The molecule has 144 valence electrons. The number of nitrogens with one attached hydrogen (secondary N) is 2. The van der Waals surface area contributed by atoms with E-state index in [0.717, 1.165) is 26.1 Å². The number of rotatable bonds is 6. The van der Waals surface area contributed by atoms with E-state index < -0.39 is 17.9 Å². The highest BCUT2D eigenvalue weighted by atomic mass is 79.9. The van der Waals surface area contributed by atoms with Crippen LogP contribution in [0.15, 0.2) is 39.6 Å². The number of carbonyl (C=O) groups is 2. The third-order valence-electron chi connectivity index (χ3n) is 4.56. The Labute approximate surface area is 169 Å². The van der Waals surface area contributed by atoms with Gasteiger partial charge in [0.2, 0.25) is 0 Å². The Morgan fingerprint density at radius 1 is 1.37 bits per heavy atom. The summed E-state index contributed by atoms with van der Waals surface area (Å²) in [6, 6.07) is 4.54. The van der Waals surface area contributed by atoms with Crippen LogP contribution in [0, 0.1) is 0 Å². The number of aromatic nitrogens is 1. The normalized spacial score (nSPS) is 15.6. The van der Waals surface area contributed by atoms with Gasteiger partial charge in [-0.15, -0.1) is 11.8 Å². The molecule has 0 spiro atoms. The monoisotopic (exact) mass is 452 g/mol. The molecule has 1 atom stereocenters. The third-order valence-corrected chi connectivity index (χ3v) is 5.99. The van der Waals surface area contributed by atoms with Crippen molar-refractivity contribution in [2.75, 3.05) is 27.0 Å². The SMILES string of the molecule is CSC1=C(C[C@H](NC(=O)c2c[nH]c3cc(Br)ccc23)C(=O)O)N(C)CN1C. The zero-order valence-corrected chi connectivity index (χ0v) is 17.6. The van der Waals surface area contributed by atoms with E-state index in [4.69, 9.17) is 0 Å². The first-order chi connectivity index (χ1) is 12.8. The number of carboxylic acid groups (broad SMARTS) is 1. The Morgan fingerprint density at radius 2 is 2.11 bits per heavy atom. The molecule has 0 unspecified atom stereocenters. The lowest BCUT2D eigenvalue weighted by Crippen LogP contribution is -2.42. The van der Waals surface area contributed by atoms with E-state index in [1.54, 1.807) is 18.0 Å². The fraction of sp³-hybridized carbons (Fsp3) is 0.333. The molecule has 3 N–H and O–H groups in total. The van der Waals surface area contributed by atoms with Gasteiger partial charge in [-0.1, -0.05) is 22.0 Å². The number of carboxylic acids is 1. The Balaban J connectivity index is 1.83. The van der Waals surface area contributed by atoms with Crippen LogP contribution in [0.5, 0.6) is 0 Å². The second-order valence-corrected chi connectivity index (χ2v) is 8.16. The van der Waals surface area contributed by atoms with Crippen LogP contribution < -0.4 is 5.32 Å². The molecule has 3 rings (SSSR count). The zero-order chi connectivity index (χ0) is 19.7.